The van der Waals surface area contributed by atoms with E-state index >= 15 is 0 Å². The van der Waals surface area contributed by atoms with Crippen molar-refractivity contribution in [3.05, 3.63) is 29.6 Å². The molecule has 0 amide bonds. The van der Waals surface area contributed by atoms with Crippen molar-refractivity contribution in [2.45, 2.75) is 33.8 Å². The minimum absolute atomic E-state index is 0.00465. The molecule has 0 aliphatic heterocycles. The summed E-state index contributed by atoms with van der Waals surface area (Å²) in [5.41, 5.74) is 7.09. The number of amidine groups is 1. The van der Waals surface area contributed by atoms with E-state index in [1.807, 2.05) is 6.07 Å². The molecular formula is C13H21N3O2. The number of rotatable bonds is 5. The molecule has 5 nitrogen and oxygen atoms in total. The summed E-state index contributed by atoms with van der Waals surface area (Å²) >= 11 is 0. The Hall–Kier alpha value is -1.62. The van der Waals surface area contributed by atoms with Gasteiger partial charge in [-0.3, -0.25) is 4.98 Å². The molecule has 1 rings (SSSR count). The summed E-state index contributed by atoms with van der Waals surface area (Å²) in [5.74, 6) is 0.00465. The lowest BCUT2D eigenvalue weighted by atomic mass is 9.93. The normalized spacial score (nSPS) is 12.7. The van der Waals surface area contributed by atoms with Gasteiger partial charge in [-0.05, 0) is 17.9 Å². The van der Waals surface area contributed by atoms with Crippen LogP contribution in [-0.2, 0) is 11.3 Å². The van der Waals surface area contributed by atoms with Crippen LogP contribution in [0, 0.1) is 5.41 Å². The molecule has 100 valence electrons. The minimum Gasteiger partial charge on any atom is -0.409 e. The summed E-state index contributed by atoms with van der Waals surface area (Å²) in [7, 11) is 0. The van der Waals surface area contributed by atoms with Crippen LogP contribution in [0.5, 0.6) is 0 Å². The summed E-state index contributed by atoms with van der Waals surface area (Å²) in [5, 5.41) is 11.6. The lowest BCUT2D eigenvalue weighted by Gasteiger charge is -2.17. The highest BCUT2D eigenvalue weighted by atomic mass is 16.5. The lowest BCUT2D eigenvalue weighted by molar-refractivity contribution is 0.0959. The van der Waals surface area contributed by atoms with Gasteiger partial charge in [-0.15, -0.1) is 0 Å². The van der Waals surface area contributed by atoms with Gasteiger partial charge in [0.05, 0.1) is 6.61 Å². The number of aromatic nitrogens is 1. The fourth-order valence-corrected chi connectivity index (χ4v) is 1.39. The van der Waals surface area contributed by atoms with Crippen molar-refractivity contribution in [3.63, 3.8) is 0 Å². The van der Waals surface area contributed by atoms with Crippen molar-refractivity contribution in [1.82, 2.24) is 4.98 Å². The van der Waals surface area contributed by atoms with E-state index in [2.05, 4.69) is 30.9 Å². The molecule has 0 aromatic carbocycles. The number of pyridine rings is 1. The smallest absolute Gasteiger partial charge is 0.189 e. The van der Waals surface area contributed by atoms with Gasteiger partial charge >= 0.3 is 0 Å². The van der Waals surface area contributed by atoms with Crippen molar-refractivity contribution in [2.75, 3.05) is 6.61 Å². The Balaban J connectivity index is 2.57. The molecule has 5 heteroatoms. The second-order valence-electron chi connectivity index (χ2n) is 5.36. The minimum atomic E-state index is 0.00465. The molecule has 0 fully saturated rings. The van der Waals surface area contributed by atoms with E-state index in [9.17, 15) is 0 Å². The van der Waals surface area contributed by atoms with Crippen LogP contribution in [0.4, 0.5) is 0 Å². The van der Waals surface area contributed by atoms with Crippen LogP contribution in [0.15, 0.2) is 23.5 Å². The molecule has 3 N–H and O–H groups in total. The molecule has 0 radical (unpaired) electrons. The first-order chi connectivity index (χ1) is 8.44. The molecule has 0 bridgehead atoms. The highest BCUT2D eigenvalue weighted by molar-refractivity contribution is 5.96. The van der Waals surface area contributed by atoms with Crippen LogP contribution >= 0.6 is 0 Å². The zero-order valence-corrected chi connectivity index (χ0v) is 11.2. The first-order valence-electron chi connectivity index (χ1n) is 5.93. The molecule has 18 heavy (non-hydrogen) atoms. The van der Waals surface area contributed by atoms with Gasteiger partial charge in [0.1, 0.15) is 5.69 Å². The van der Waals surface area contributed by atoms with Gasteiger partial charge in [0.15, 0.2) is 5.84 Å². The maximum atomic E-state index is 8.67. The third-order valence-electron chi connectivity index (χ3n) is 2.50. The molecule has 0 atom stereocenters. The number of oxime groups is 1. The Morgan fingerprint density at radius 3 is 2.83 bits per heavy atom. The predicted octanol–water partition coefficient (Wildman–Crippen LogP) is 2.13. The fraction of sp³-hybridized carbons (Fsp3) is 0.538. The van der Waals surface area contributed by atoms with Crippen LogP contribution in [0.25, 0.3) is 0 Å². The number of nitrogens with two attached hydrogens (primary N) is 1. The molecule has 0 aliphatic carbocycles. The SMILES string of the molecule is CC(C)(C)CCOCc1cccnc1C(N)=NO. The van der Waals surface area contributed by atoms with Crippen molar-refractivity contribution in [3.8, 4) is 0 Å². The fourth-order valence-electron chi connectivity index (χ4n) is 1.39. The molecule has 0 saturated heterocycles. The zero-order valence-electron chi connectivity index (χ0n) is 11.2. The van der Waals surface area contributed by atoms with Gasteiger partial charge in [0.25, 0.3) is 0 Å². The number of ether oxygens (including phenoxy) is 1. The summed E-state index contributed by atoms with van der Waals surface area (Å²) in [6, 6.07) is 3.66. The van der Waals surface area contributed by atoms with Crippen LogP contribution in [0.3, 0.4) is 0 Å². The van der Waals surface area contributed by atoms with E-state index in [-0.39, 0.29) is 11.3 Å². The second-order valence-corrected chi connectivity index (χ2v) is 5.36. The quantitative estimate of drug-likeness (QED) is 0.276. The van der Waals surface area contributed by atoms with Gasteiger partial charge in [-0.1, -0.05) is 32.0 Å². The van der Waals surface area contributed by atoms with Gasteiger partial charge in [0, 0.05) is 18.4 Å². The monoisotopic (exact) mass is 251 g/mol. The topological polar surface area (TPSA) is 80.7 Å². The van der Waals surface area contributed by atoms with E-state index in [0.29, 0.717) is 18.9 Å². The van der Waals surface area contributed by atoms with Gasteiger partial charge in [-0.2, -0.15) is 0 Å². The van der Waals surface area contributed by atoms with Gasteiger partial charge in [-0.25, -0.2) is 0 Å². The Bertz CT molecular complexity index is 411. The summed E-state index contributed by atoms with van der Waals surface area (Å²) < 4.78 is 5.60. The molecule has 1 heterocycles. The Morgan fingerprint density at radius 2 is 2.22 bits per heavy atom. The first-order valence-corrected chi connectivity index (χ1v) is 5.93. The largest absolute Gasteiger partial charge is 0.409 e. The van der Waals surface area contributed by atoms with Crippen LogP contribution in [0.2, 0.25) is 0 Å². The van der Waals surface area contributed by atoms with E-state index in [1.165, 1.54) is 0 Å². The molecule has 0 unspecified atom stereocenters. The van der Waals surface area contributed by atoms with Crippen molar-refractivity contribution >= 4 is 5.84 Å². The predicted molar refractivity (Wildman–Crippen MR) is 70.5 cm³/mol. The van der Waals surface area contributed by atoms with Crippen LogP contribution in [0.1, 0.15) is 38.4 Å². The molecule has 1 aromatic heterocycles. The maximum absolute atomic E-state index is 8.67. The van der Waals surface area contributed by atoms with Crippen LogP contribution < -0.4 is 5.73 Å². The Labute approximate surface area is 108 Å². The average molecular weight is 251 g/mol. The van der Waals surface area contributed by atoms with E-state index < -0.39 is 0 Å². The van der Waals surface area contributed by atoms with E-state index in [0.717, 1.165) is 12.0 Å². The van der Waals surface area contributed by atoms with Crippen molar-refractivity contribution < 1.29 is 9.94 Å². The third kappa shape index (κ3) is 4.71. The van der Waals surface area contributed by atoms with Gasteiger partial charge in [0.2, 0.25) is 0 Å². The molecule has 0 aliphatic rings. The average Bonchev–Trinajstić information content (AvgIpc) is 2.33. The third-order valence-corrected chi connectivity index (χ3v) is 2.50. The van der Waals surface area contributed by atoms with Gasteiger partial charge < -0.3 is 15.7 Å². The Morgan fingerprint density at radius 1 is 1.50 bits per heavy atom. The number of nitrogens with zero attached hydrogens (tertiary/aromatic N) is 2. The Kier molecular flexibility index (Phi) is 5.09. The lowest BCUT2D eigenvalue weighted by Crippen LogP contribution is -2.18. The maximum Gasteiger partial charge on any atom is 0.189 e. The second kappa shape index (κ2) is 6.35. The number of hydrogen-bond acceptors (Lipinski definition) is 4. The van der Waals surface area contributed by atoms with Crippen LogP contribution in [-0.4, -0.2) is 22.6 Å². The highest BCUT2D eigenvalue weighted by Crippen LogP contribution is 2.18. The summed E-state index contributed by atoms with van der Waals surface area (Å²) in [6.07, 6.45) is 2.58. The molecule has 0 spiro atoms. The van der Waals surface area contributed by atoms with Crippen molar-refractivity contribution in [1.29, 1.82) is 0 Å². The number of hydrogen-bond donors (Lipinski definition) is 2. The molecule has 0 saturated carbocycles. The van der Waals surface area contributed by atoms with E-state index in [4.69, 9.17) is 15.7 Å². The molecule has 1 aromatic rings. The summed E-state index contributed by atoms with van der Waals surface area (Å²) in [4.78, 5) is 4.08. The zero-order chi connectivity index (χ0) is 13.6. The standard InChI is InChI=1S/C13H21N3O2/c1-13(2,3)6-8-18-9-10-5-4-7-15-11(10)12(14)16-17/h4-5,7,17H,6,8-9H2,1-3H3,(H2,14,16). The summed E-state index contributed by atoms with van der Waals surface area (Å²) in [6.45, 7) is 7.59. The van der Waals surface area contributed by atoms with Crippen molar-refractivity contribution in [2.24, 2.45) is 16.3 Å². The van der Waals surface area contributed by atoms with E-state index in [1.54, 1.807) is 12.3 Å². The first kappa shape index (κ1) is 14.4. The molecular weight excluding hydrogens is 230 g/mol. The highest BCUT2D eigenvalue weighted by Gasteiger charge is 2.11.